The molecule has 0 aliphatic heterocycles. The summed E-state index contributed by atoms with van der Waals surface area (Å²) in [5.74, 6) is 0. The lowest BCUT2D eigenvalue weighted by molar-refractivity contribution is 1.05. The highest BCUT2D eigenvalue weighted by molar-refractivity contribution is 6.34. The number of nitrogens with zero attached hydrogens (tertiary/aromatic N) is 3. The van der Waals surface area contributed by atoms with Gasteiger partial charge in [0.1, 0.15) is 5.69 Å². The van der Waals surface area contributed by atoms with Gasteiger partial charge < -0.3 is 0 Å². The van der Waals surface area contributed by atoms with Crippen LogP contribution in [0.4, 0.5) is 0 Å². The fourth-order valence-corrected chi connectivity index (χ4v) is 2.07. The molecule has 0 spiro atoms. The average Bonchev–Trinajstić information content (AvgIpc) is 2.41. The molecular formula is C14H10ClN3. The Balaban J connectivity index is 2.30. The van der Waals surface area contributed by atoms with Crippen LogP contribution in [0.3, 0.4) is 0 Å². The highest BCUT2D eigenvalue weighted by Gasteiger charge is 2.09. The number of benzene rings is 1. The Bertz CT molecular complexity index is 708. The van der Waals surface area contributed by atoms with E-state index in [0.29, 0.717) is 5.15 Å². The SMILES string of the molecule is Cc1ccc(-c2nnc(Cl)c3ccccc23)nc1. The number of hydrogen-bond donors (Lipinski definition) is 0. The fourth-order valence-electron chi connectivity index (χ4n) is 1.87. The van der Waals surface area contributed by atoms with Crippen LogP contribution in [0.2, 0.25) is 5.15 Å². The summed E-state index contributed by atoms with van der Waals surface area (Å²) in [5, 5.41) is 10.4. The minimum Gasteiger partial charge on any atom is -0.254 e. The molecule has 0 aliphatic carbocycles. The third-order valence-electron chi connectivity index (χ3n) is 2.80. The third kappa shape index (κ3) is 1.83. The van der Waals surface area contributed by atoms with Crippen LogP contribution in [0.1, 0.15) is 5.56 Å². The summed E-state index contributed by atoms with van der Waals surface area (Å²) < 4.78 is 0. The molecule has 88 valence electrons. The van der Waals surface area contributed by atoms with Crippen molar-refractivity contribution < 1.29 is 0 Å². The molecular weight excluding hydrogens is 246 g/mol. The predicted molar refractivity (Wildman–Crippen MR) is 72.5 cm³/mol. The highest BCUT2D eigenvalue weighted by atomic mass is 35.5. The maximum atomic E-state index is 6.05. The summed E-state index contributed by atoms with van der Waals surface area (Å²) in [6, 6.07) is 11.8. The van der Waals surface area contributed by atoms with E-state index in [1.165, 1.54) is 0 Å². The van der Waals surface area contributed by atoms with Crippen molar-refractivity contribution in [3.8, 4) is 11.4 Å². The van der Waals surface area contributed by atoms with Crippen molar-refractivity contribution in [2.45, 2.75) is 6.92 Å². The van der Waals surface area contributed by atoms with Crippen molar-refractivity contribution in [2.24, 2.45) is 0 Å². The molecule has 0 radical (unpaired) electrons. The van der Waals surface area contributed by atoms with Gasteiger partial charge in [0.25, 0.3) is 0 Å². The van der Waals surface area contributed by atoms with Crippen LogP contribution in [0, 0.1) is 6.92 Å². The lowest BCUT2D eigenvalue weighted by Gasteiger charge is -2.05. The van der Waals surface area contributed by atoms with E-state index < -0.39 is 0 Å². The Morgan fingerprint density at radius 2 is 1.72 bits per heavy atom. The zero-order valence-corrected chi connectivity index (χ0v) is 10.5. The van der Waals surface area contributed by atoms with Crippen molar-refractivity contribution in [1.29, 1.82) is 0 Å². The maximum absolute atomic E-state index is 6.05. The summed E-state index contributed by atoms with van der Waals surface area (Å²) in [6.07, 6.45) is 1.82. The molecule has 0 atom stereocenters. The van der Waals surface area contributed by atoms with Gasteiger partial charge in [0.2, 0.25) is 0 Å². The molecule has 0 unspecified atom stereocenters. The average molecular weight is 256 g/mol. The highest BCUT2D eigenvalue weighted by Crippen LogP contribution is 2.28. The molecule has 0 saturated heterocycles. The molecule has 0 aliphatic rings. The van der Waals surface area contributed by atoms with Crippen molar-refractivity contribution >= 4 is 22.4 Å². The van der Waals surface area contributed by atoms with Crippen LogP contribution in [0.15, 0.2) is 42.6 Å². The van der Waals surface area contributed by atoms with Crippen LogP contribution in [-0.4, -0.2) is 15.2 Å². The first-order valence-electron chi connectivity index (χ1n) is 5.59. The van der Waals surface area contributed by atoms with Gasteiger partial charge in [-0.1, -0.05) is 41.9 Å². The minimum absolute atomic E-state index is 0.418. The molecule has 2 heterocycles. The lowest BCUT2D eigenvalue weighted by atomic mass is 10.1. The summed E-state index contributed by atoms with van der Waals surface area (Å²) in [6.45, 7) is 2.00. The second-order valence-corrected chi connectivity index (χ2v) is 4.46. The topological polar surface area (TPSA) is 38.7 Å². The van der Waals surface area contributed by atoms with Gasteiger partial charge in [-0.05, 0) is 18.6 Å². The molecule has 0 fully saturated rings. The molecule has 1 aromatic carbocycles. The predicted octanol–water partition coefficient (Wildman–Crippen LogP) is 3.65. The molecule has 0 bridgehead atoms. The lowest BCUT2D eigenvalue weighted by Crippen LogP contribution is -1.93. The van der Waals surface area contributed by atoms with Crippen molar-refractivity contribution in [1.82, 2.24) is 15.2 Å². The smallest absolute Gasteiger partial charge is 0.159 e. The Morgan fingerprint density at radius 1 is 0.944 bits per heavy atom. The Morgan fingerprint density at radius 3 is 2.44 bits per heavy atom. The van der Waals surface area contributed by atoms with Gasteiger partial charge >= 0.3 is 0 Å². The van der Waals surface area contributed by atoms with E-state index in [1.807, 2.05) is 49.5 Å². The van der Waals surface area contributed by atoms with Gasteiger partial charge in [0.05, 0.1) is 5.69 Å². The van der Waals surface area contributed by atoms with E-state index in [2.05, 4.69) is 15.2 Å². The van der Waals surface area contributed by atoms with E-state index in [0.717, 1.165) is 27.7 Å². The number of aryl methyl sites for hydroxylation is 1. The van der Waals surface area contributed by atoms with Crippen LogP contribution >= 0.6 is 11.6 Å². The van der Waals surface area contributed by atoms with Gasteiger partial charge in [-0.15, -0.1) is 10.2 Å². The van der Waals surface area contributed by atoms with E-state index >= 15 is 0 Å². The second kappa shape index (κ2) is 4.35. The molecule has 4 heteroatoms. The number of aromatic nitrogens is 3. The van der Waals surface area contributed by atoms with Crippen LogP contribution in [-0.2, 0) is 0 Å². The first-order chi connectivity index (χ1) is 8.75. The number of halogens is 1. The van der Waals surface area contributed by atoms with Gasteiger partial charge in [-0.25, -0.2) is 0 Å². The van der Waals surface area contributed by atoms with E-state index in [-0.39, 0.29) is 0 Å². The molecule has 3 rings (SSSR count). The van der Waals surface area contributed by atoms with Crippen molar-refractivity contribution in [3.63, 3.8) is 0 Å². The number of hydrogen-bond acceptors (Lipinski definition) is 3. The zero-order chi connectivity index (χ0) is 12.5. The normalized spacial score (nSPS) is 10.8. The molecule has 2 aromatic heterocycles. The van der Waals surface area contributed by atoms with Gasteiger partial charge in [0, 0.05) is 17.0 Å². The van der Waals surface area contributed by atoms with Crippen molar-refractivity contribution in [3.05, 3.63) is 53.3 Å². The third-order valence-corrected chi connectivity index (χ3v) is 3.08. The number of fused-ring (bicyclic) bond motifs is 1. The van der Waals surface area contributed by atoms with E-state index in [4.69, 9.17) is 11.6 Å². The first kappa shape index (κ1) is 11.1. The Hall–Kier alpha value is -2.00. The summed E-state index contributed by atoms with van der Waals surface area (Å²) in [4.78, 5) is 4.38. The Kier molecular flexibility index (Phi) is 2.68. The monoisotopic (exact) mass is 255 g/mol. The van der Waals surface area contributed by atoms with E-state index in [1.54, 1.807) is 0 Å². The molecule has 3 aromatic rings. The van der Waals surface area contributed by atoms with Crippen LogP contribution in [0.5, 0.6) is 0 Å². The largest absolute Gasteiger partial charge is 0.254 e. The molecule has 18 heavy (non-hydrogen) atoms. The molecule has 0 amide bonds. The maximum Gasteiger partial charge on any atom is 0.159 e. The van der Waals surface area contributed by atoms with E-state index in [9.17, 15) is 0 Å². The second-order valence-electron chi connectivity index (χ2n) is 4.11. The molecule has 3 nitrogen and oxygen atoms in total. The summed E-state index contributed by atoms with van der Waals surface area (Å²) >= 11 is 6.05. The van der Waals surface area contributed by atoms with Gasteiger partial charge in [-0.2, -0.15) is 0 Å². The Labute approximate surface area is 109 Å². The summed E-state index contributed by atoms with van der Waals surface area (Å²) in [7, 11) is 0. The first-order valence-corrected chi connectivity index (χ1v) is 5.97. The number of rotatable bonds is 1. The molecule has 0 saturated carbocycles. The van der Waals surface area contributed by atoms with Crippen LogP contribution in [0.25, 0.3) is 22.2 Å². The summed E-state index contributed by atoms with van der Waals surface area (Å²) in [5.41, 5.74) is 2.68. The number of pyridine rings is 1. The molecule has 0 N–H and O–H groups in total. The zero-order valence-electron chi connectivity index (χ0n) is 9.76. The van der Waals surface area contributed by atoms with Gasteiger partial charge in [0.15, 0.2) is 5.15 Å². The van der Waals surface area contributed by atoms with Crippen molar-refractivity contribution in [2.75, 3.05) is 0 Å². The minimum atomic E-state index is 0.418. The fraction of sp³-hybridized carbons (Fsp3) is 0.0714. The van der Waals surface area contributed by atoms with Gasteiger partial charge in [-0.3, -0.25) is 4.98 Å². The quantitative estimate of drug-likeness (QED) is 0.666. The standard InChI is InChI=1S/C14H10ClN3/c1-9-6-7-12(16-8-9)13-10-4-2-3-5-11(10)14(15)18-17-13/h2-8H,1H3. The van der Waals surface area contributed by atoms with Crippen LogP contribution < -0.4 is 0 Å².